The van der Waals surface area contributed by atoms with Crippen LogP contribution in [-0.4, -0.2) is 48.4 Å². The molecule has 1 atom stereocenters. The lowest BCUT2D eigenvalue weighted by Gasteiger charge is -2.38. The normalized spacial score (nSPS) is 19.6. The summed E-state index contributed by atoms with van der Waals surface area (Å²) in [5.41, 5.74) is 3.84. The summed E-state index contributed by atoms with van der Waals surface area (Å²) in [4.78, 5) is 39.8. The van der Waals surface area contributed by atoms with E-state index < -0.39 is 5.41 Å². The monoisotopic (exact) mass is 448 g/mol. The summed E-state index contributed by atoms with van der Waals surface area (Å²) in [5.74, 6) is 0.150. The molecule has 1 N–H and O–H groups in total. The third kappa shape index (κ3) is 4.19. The highest BCUT2D eigenvalue weighted by Gasteiger charge is 2.35. The molecule has 0 bridgehead atoms. The summed E-state index contributed by atoms with van der Waals surface area (Å²) in [6.07, 6.45) is 7.36. The van der Waals surface area contributed by atoms with E-state index in [2.05, 4.69) is 21.0 Å². The van der Waals surface area contributed by atoms with Crippen molar-refractivity contribution in [1.29, 1.82) is 0 Å². The number of aromatic nitrogens is 4. The molecule has 8 heteroatoms. The second-order valence-electron chi connectivity index (χ2n) is 10.3. The van der Waals surface area contributed by atoms with Crippen molar-refractivity contribution < 1.29 is 4.79 Å². The second-order valence-corrected chi connectivity index (χ2v) is 10.3. The first-order valence-electron chi connectivity index (χ1n) is 11.9. The molecule has 0 unspecified atom stereocenters. The van der Waals surface area contributed by atoms with Crippen LogP contribution >= 0.6 is 0 Å². The van der Waals surface area contributed by atoms with Gasteiger partial charge in [-0.3, -0.25) is 24.6 Å². The molecule has 3 aromatic heterocycles. The summed E-state index contributed by atoms with van der Waals surface area (Å²) < 4.78 is 1.57. The Hall–Kier alpha value is -3.00. The van der Waals surface area contributed by atoms with Crippen molar-refractivity contribution >= 4 is 11.6 Å². The van der Waals surface area contributed by atoms with E-state index in [0.29, 0.717) is 12.2 Å². The van der Waals surface area contributed by atoms with Gasteiger partial charge in [0.1, 0.15) is 0 Å². The Morgan fingerprint density at radius 2 is 2.09 bits per heavy atom. The number of hydrogen-bond acceptors (Lipinski definition) is 5. The number of likely N-dealkylation sites (tertiary alicyclic amines) is 1. The fourth-order valence-electron chi connectivity index (χ4n) is 5.04. The number of carbonyl (C=O) groups is 1. The second kappa shape index (κ2) is 8.41. The molecule has 33 heavy (non-hydrogen) atoms. The van der Waals surface area contributed by atoms with Crippen molar-refractivity contribution in [3.63, 3.8) is 0 Å². The fraction of sp³-hybridized carbons (Fsp3) is 0.520. The Morgan fingerprint density at radius 3 is 2.85 bits per heavy atom. The van der Waals surface area contributed by atoms with Gasteiger partial charge in [-0.1, -0.05) is 26.8 Å². The van der Waals surface area contributed by atoms with E-state index in [4.69, 9.17) is 4.98 Å². The summed E-state index contributed by atoms with van der Waals surface area (Å²) >= 11 is 0. The predicted octanol–water partition coefficient (Wildman–Crippen LogP) is 3.08. The third-order valence-electron chi connectivity index (χ3n) is 6.75. The molecule has 1 amide bonds. The summed E-state index contributed by atoms with van der Waals surface area (Å²) in [7, 11) is 0. The van der Waals surface area contributed by atoms with Gasteiger partial charge in [0, 0.05) is 56.5 Å². The number of aromatic amines is 1. The number of hydrogen-bond donors (Lipinski definition) is 1. The Kier molecular flexibility index (Phi) is 5.56. The van der Waals surface area contributed by atoms with Crippen LogP contribution in [-0.2, 0) is 24.3 Å². The van der Waals surface area contributed by atoms with Gasteiger partial charge in [-0.2, -0.15) is 0 Å². The first-order chi connectivity index (χ1) is 15.8. The minimum atomic E-state index is -0.437. The summed E-state index contributed by atoms with van der Waals surface area (Å²) in [6, 6.07) is 5.91. The highest BCUT2D eigenvalue weighted by Crippen LogP contribution is 2.34. The number of carbonyl (C=O) groups excluding carboxylic acids is 1. The number of pyridine rings is 1. The van der Waals surface area contributed by atoms with Gasteiger partial charge in [-0.25, -0.2) is 9.50 Å². The SMILES string of the molecule is CC(C)(C)C(=O)N1CCCC[C@@H]1c1cc2nc3c(c(=O)n2[nH]1)CN(Cc1cccnc1)CC3. The Labute approximate surface area is 193 Å². The number of nitrogens with one attached hydrogen (secondary N) is 1. The lowest BCUT2D eigenvalue weighted by molar-refractivity contribution is -0.143. The van der Waals surface area contributed by atoms with E-state index in [-0.39, 0.29) is 17.5 Å². The fourth-order valence-corrected chi connectivity index (χ4v) is 5.04. The molecule has 0 spiro atoms. The number of nitrogens with zero attached hydrogens (tertiary/aromatic N) is 5. The molecule has 0 radical (unpaired) electrons. The molecule has 174 valence electrons. The molecular weight excluding hydrogens is 416 g/mol. The lowest BCUT2D eigenvalue weighted by Crippen LogP contribution is -2.44. The van der Waals surface area contributed by atoms with Gasteiger partial charge < -0.3 is 4.90 Å². The number of amides is 1. The largest absolute Gasteiger partial charge is 0.334 e. The van der Waals surface area contributed by atoms with Crippen LogP contribution in [0.2, 0.25) is 0 Å². The van der Waals surface area contributed by atoms with Gasteiger partial charge in [0.2, 0.25) is 5.91 Å². The Morgan fingerprint density at radius 1 is 1.24 bits per heavy atom. The van der Waals surface area contributed by atoms with Crippen LogP contribution < -0.4 is 5.56 Å². The van der Waals surface area contributed by atoms with E-state index in [1.807, 2.05) is 44.0 Å². The molecule has 5 heterocycles. The van der Waals surface area contributed by atoms with Crippen LogP contribution in [0, 0.1) is 5.41 Å². The van der Waals surface area contributed by atoms with Crippen LogP contribution in [0.1, 0.15) is 68.6 Å². The smallest absolute Gasteiger partial charge is 0.277 e. The lowest BCUT2D eigenvalue weighted by atomic mass is 9.90. The number of fused-ring (bicyclic) bond motifs is 2. The van der Waals surface area contributed by atoms with Crippen molar-refractivity contribution in [3.8, 4) is 0 Å². The van der Waals surface area contributed by atoms with Crippen molar-refractivity contribution in [3.05, 3.63) is 63.5 Å². The first-order valence-corrected chi connectivity index (χ1v) is 11.9. The van der Waals surface area contributed by atoms with E-state index >= 15 is 0 Å². The predicted molar refractivity (Wildman–Crippen MR) is 126 cm³/mol. The summed E-state index contributed by atoms with van der Waals surface area (Å²) in [5, 5.41) is 3.30. The van der Waals surface area contributed by atoms with Gasteiger partial charge >= 0.3 is 0 Å². The van der Waals surface area contributed by atoms with Gasteiger partial charge in [-0.15, -0.1) is 0 Å². The standard InChI is InChI=1S/C25H32N6O2/c1-25(2,3)24(33)30-11-5-4-8-21(30)20-13-22-27-19-9-12-29(15-17-7-6-10-26-14-17)16-18(19)23(32)31(22)28-20/h6-7,10,13-14,21,28H,4-5,8-9,11-12,15-16H2,1-3H3/t21-/m1/s1. The molecule has 2 aliphatic heterocycles. The van der Waals surface area contributed by atoms with Gasteiger partial charge in [0.05, 0.1) is 23.0 Å². The van der Waals surface area contributed by atoms with Crippen molar-refractivity contribution in [2.45, 2.75) is 65.6 Å². The first kappa shape index (κ1) is 21.8. The van der Waals surface area contributed by atoms with Crippen molar-refractivity contribution in [1.82, 2.24) is 29.4 Å². The number of rotatable bonds is 3. The number of H-pyrrole nitrogens is 1. The highest BCUT2D eigenvalue weighted by atomic mass is 16.2. The zero-order valence-corrected chi connectivity index (χ0v) is 19.7. The number of piperidine rings is 1. The van der Waals surface area contributed by atoms with Crippen molar-refractivity contribution in [2.75, 3.05) is 13.1 Å². The van der Waals surface area contributed by atoms with Crippen molar-refractivity contribution in [2.24, 2.45) is 5.41 Å². The molecule has 2 aliphatic rings. The molecule has 3 aromatic rings. The average molecular weight is 449 g/mol. The minimum Gasteiger partial charge on any atom is -0.334 e. The van der Waals surface area contributed by atoms with Crippen LogP contribution in [0.3, 0.4) is 0 Å². The minimum absolute atomic E-state index is 0.0401. The topological polar surface area (TPSA) is 86.6 Å². The molecule has 5 rings (SSSR count). The highest BCUT2D eigenvalue weighted by molar-refractivity contribution is 5.82. The van der Waals surface area contributed by atoms with Crippen LogP contribution in [0.15, 0.2) is 35.4 Å². The maximum Gasteiger partial charge on any atom is 0.277 e. The zero-order valence-electron chi connectivity index (χ0n) is 19.7. The quantitative estimate of drug-likeness (QED) is 0.665. The summed E-state index contributed by atoms with van der Waals surface area (Å²) in [6.45, 7) is 8.83. The van der Waals surface area contributed by atoms with Gasteiger partial charge in [-0.05, 0) is 30.9 Å². The molecule has 0 saturated carbocycles. The molecule has 8 nitrogen and oxygen atoms in total. The van der Waals surface area contributed by atoms with E-state index in [9.17, 15) is 9.59 Å². The van der Waals surface area contributed by atoms with E-state index in [0.717, 1.165) is 67.8 Å². The van der Waals surface area contributed by atoms with Gasteiger partial charge in [0.15, 0.2) is 5.65 Å². The molecule has 0 aliphatic carbocycles. The van der Waals surface area contributed by atoms with Gasteiger partial charge in [0.25, 0.3) is 5.56 Å². The van der Waals surface area contributed by atoms with E-state index in [1.54, 1.807) is 10.7 Å². The average Bonchev–Trinajstić information content (AvgIpc) is 3.23. The zero-order chi connectivity index (χ0) is 23.2. The molecular formula is C25H32N6O2. The van der Waals surface area contributed by atoms with E-state index in [1.165, 1.54) is 0 Å². The Balaban J connectivity index is 1.45. The van der Waals surface area contributed by atoms with Crippen LogP contribution in [0.5, 0.6) is 0 Å². The Bertz CT molecular complexity index is 1220. The third-order valence-corrected chi connectivity index (χ3v) is 6.75. The molecule has 1 saturated heterocycles. The molecule has 0 aromatic carbocycles. The van der Waals surface area contributed by atoms with Crippen LogP contribution in [0.4, 0.5) is 0 Å². The molecule has 1 fully saturated rings. The maximum atomic E-state index is 13.4. The van der Waals surface area contributed by atoms with Crippen LogP contribution in [0.25, 0.3) is 5.65 Å². The maximum absolute atomic E-state index is 13.4.